The molecule has 0 aliphatic heterocycles. The monoisotopic (exact) mass is 196 g/mol. The van der Waals surface area contributed by atoms with Gasteiger partial charge in [0, 0.05) is 13.3 Å². The lowest BCUT2D eigenvalue weighted by Crippen LogP contribution is -2.22. The summed E-state index contributed by atoms with van der Waals surface area (Å²) in [4.78, 5) is 10.7. The molecule has 0 N–H and O–H groups in total. The fourth-order valence-corrected chi connectivity index (χ4v) is 1.11. The van der Waals surface area contributed by atoms with Crippen LogP contribution in [0.2, 0.25) is 0 Å². The maximum atomic E-state index is 10.7. The Morgan fingerprint density at radius 3 is 2.64 bits per heavy atom. The lowest BCUT2D eigenvalue weighted by Gasteiger charge is -2.18. The molecule has 78 valence electrons. The predicted octanol–water partition coefficient (Wildman–Crippen LogP) is 1.60. The normalized spacial score (nSPS) is 11.7. The molecular weight excluding hydrogens is 180 g/mol. The lowest BCUT2D eigenvalue weighted by molar-refractivity contribution is 0.111. The van der Waals surface area contributed by atoms with Gasteiger partial charge in [-0.3, -0.25) is 9.48 Å². The first-order chi connectivity index (χ1) is 6.49. The van der Waals surface area contributed by atoms with E-state index in [0.717, 1.165) is 6.29 Å². The maximum Gasteiger partial charge on any atom is 0.153 e. The number of aromatic nitrogens is 2. The molecule has 1 aromatic rings. The summed E-state index contributed by atoms with van der Waals surface area (Å²) in [5.41, 5.74) is 1.18. The smallest absolute Gasteiger partial charge is 0.153 e. The van der Waals surface area contributed by atoms with E-state index in [1.54, 1.807) is 18.0 Å². The summed E-state index contributed by atoms with van der Waals surface area (Å²) >= 11 is 0. The first-order valence-corrected chi connectivity index (χ1v) is 4.52. The fraction of sp³-hybridized carbons (Fsp3) is 0.600. The highest BCUT2D eigenvalue weighted by molar-refractivity contribution is 5.75. The van der Waals surface area contributed by atoms with E-state index in [2.05, 4.69) is 5.10 Å². The minimum atomic E-state index is -0.107. The molecule has 0 aliphatic carbocycles. The van der Waals surface area contributed by atoms with Gasteiger partial charge in [0.25, 0.3) is 0 Å². The molecule has 0 unspecified atom stereocenters. The Morgan fingerprint density at radius 1 is 1.57 bits per heavy atom. The van der Waals surface area contributed by atoms with E-state index in [0.29, 0.717) is 17.9 Å². The molecule has 0 saturated heterocycles. The predicted molar refractivity (Wildman–Crippen MR) is 53.3 cm³/mol. The molecule has 0 aromatic carbocycles. The van der Waals surface area contributed by atoms with Crippen molar-refractivity contribution in [3.05, 3.63) is 17.5 Å². The van der Waals surface area contributed by atoms with Crippen LogP contribution < -0.4 is 0 Å². The molecule has 4 heteroatoms. The molecule has 0 aliphatic rings. The van der Waals surface area contributed by atoms with E-state index in [-0.39, 0.29) is 5.54 Å². The molecule has 0 amide bonds. The van der Waals surface area contributed by atoms with Gasteiger partial charge in [0.15, 0.2) is 6.29 Å². The summed E-state index contributed by atoms with van der Waals surface area (Å²) in [6.45, 7) is 6.47. The van der Waals surface area contributed by atoms with E-state index in [9.17, 15) is 4.79 Å². The summed E-state index contributed by atoms with van der Waals surface area (Å²) in [5, 5.41) is 4.30. The van der Waals surface area contributed by atoms with Crippen molar-refractivity contribution in [2.24, 2.45) is 0 Å². The largest absolute Gasteiger partial charge is 0.378 e. The molecule has 0 atom stereocenters. The molecule has 1 rings (SSSR count). The Kier molecular flexibility index (Phi) is 3.06. The highest BCUT2D eigenvalue weighted by Crippen LogP contribution is 2.15. The van der Waals surface area contributed by atoms with Crippen molar-refractivity contribution in [2.75, 3.05) is 7.11 Å². The van der Waals surface area contributed by atoms with Crippen LogP contribution in [0.25, 0.3) is 0 Å². The summed E-state index contributed by atoms with van der Waals surface area (Å²) in [5.74, 6) is 0. The summed E-state index contributed by atoms with van der Waals surface area (Å²) in [6.07, 6.45) is 2.56. The van der Waals surface area contributed by atoms with Gasteiger partial charge < -0.3 is 4.74 Å². The van der Waals surface area contributed by atoms with E-state index in [4.69, 9.17) is 4.74 Å². The van der Waals surface area contributed by atoms with Crippen molar-refractivity contribution in [3.8, 4) is 0 Å². The molecule has 4 nitrogen and oxygen atoms in total. The van der Waals surface area contributed by atoms with Gasteiger partial charge in [-0.2, -0.15) is 5.10 Å². The number of ether oxygens (including phenoxy) is 1. The molecular formula is C10H16N2O2. The minimum Gasteiger partial charge on any atom is -0.378 e. The molecule has 0 fully saturated rings. The van der Waals surface area contributed by atoms with Crippen LogP contribution in [0.4, 0.5) is 0 Å². The van der Waals surface area contributed by atoms with Crippen LogP contribution in [0.1, 0.15) is 36.8 Å². The second-order valence-corrected chi connectivity index (χ2v) is 4.20. The zero-order valence-electron chi connectivity index (χ0n) is 9.07. The molecule has 0 spiro atoms. The number of nitrogens with zero attached hydrogens (tertiary/aromatic N) is 2. The quantitative estimate of drug-likeness (QED) is 0.690. The van der Waals surface area contributed by atoms with Crippen molar-refractivity contribution in [2.45, 2.75) is 32.9 Å². The third-order valence-electron chi connectivity index (χ3n) is 1.92. The van der Waals surface area contributed by atoms with Gasteiger partial charge in [-0.25, -0.2) is 0 Å². The van der Waals surface area contributed by atoms with Gasteiger partial charge in [0.05, 0.1) is 23.4 Å². The third-order valence-corrected chi connectivity index (χ3v) is 1.92. The average Bonchev–Trinajstić information content (AvgIpc) is 2.47. The highest BCUT2D eigenvalue weighted by Gasteiger charge is 2.17. The number of rotatable bonds is 3. The van der Waals surface area contributed by atoms with Crippen LogP contribution in [0.15, 0.2) is 6.20 Å². The second kappa shape index (κ2) is 3.92. The van der Waals surface area contributed by atoms with Gasteiger partial charge in [0.2, 0.25) is 0 Å². The lowest BCUT2D eigenvalue weighted by atomic mass is 10.1. The third kappa shape index (κ3) is 2.20. The Balaban J connectivity index is 3.06. The van der Waals surface area contributed by atoms with Gasteiger partial charge in [-0.1, -0.05) is 0 Å². The van der Waals surface area contributed by atoms with Gasteiger partial charge in [-0.05, 0) is 20.8 Å². The zero-order valence-corrected chi connectivity index (χ0v) is 9.07. The molecule has 1 aromatic heterocycles. The average molecular weight is 196 g/mol. The van der Waals surface area contributed by atoms with Gasteiger partial charge in [-0.15, -0.1) is 0 Å². The van der Waals surface area contributed by atoms with Gasteiger partial charge in [0.1, 0.15) is 0 Å². The van der Waals surface area contributed by atoms with Crippen molar-refractivity contribution in [3.63, 3.8) is 0 Å². The van der Waals surface area contributed by atoms with E-state index >= 15 is 0 Å². The number of carbonyl (C=O) groups excluding carboxylic acids is 1. The number of aldehydes is 1. The molecule has 0 bridgehead atoms. The van der Waals surface area contributed by atoms with Gasteiger partial charge >= 0.3 is 0 Å². The topological polar surface area (TPSA) is 44.1 Å². The first kappa shape index (κ1) is 10.9. The molecule has 0 saturated carbocycles. The summed E-state index contributed by atoms with van der Waals surface area (Å²) < 4.78 is 6.74. The van der Waals surface area contributed by atoms with Crippen LogP contribution in [0, 0.1) is 0 Å². The highest BCUT2D eigenvalue weighted by atomic mass is 16.5. The molecule has 14 heavy (non-hydrogen) atoms. The fourth-order valence-electron chi connectivity index (χ4n) is 1.11. The zero-order chi connectivity index (χ0) is 10.8. The van der Waals surface area contributed by atoms with Crippen LogP contribution in [-0.4, -0.2) is 23.2 Å². The molecule has 1 heterocycles. The Labute approximate surface area is 83.9 Å². The van der Waals surface area contributed by atoms with Crippen molar-refractivity contribution in [1.82, 2.24) is 9.78 Å². The van der Waals surface area contributed by atoms with E-state index in [1.807, 2.05) is 20.8 Å². The number of hydrogen-bond acceptors (Lipinski definition) is 3. The van der Waals surface area contributed by atoms with E-state index < -0.39 is 0 Å². The maximum absolute atomic E-state index is 10.7. The Bertz CT molecular complexity index is 323. The minimum absolute atomic E-state index is 0.107. The SMILES string of the molecule is COCc1nn(C(C)(C)C)cc1C=O. The van der Waals surface area contributed by atoms with Crippen molar-refractivity contribution < 1.29 is 9.53 Å². The molecule has 0 radical (unpaired) electrons. The Morgan fingerprint density at radius 2 is 2.21 bits per heavy atom. The van der Waals surface area contributed by atoms with Crippen LogP contribution in [0.3, 0.4) is 0 Å². The van der Waals surface area contributed by atoms with Crippen molar-refractivity contribution in [1.29, 1.82) is 0 Å². The summed E-state index contributed by atoms with van der Waals surface area (Å²) in [7, 11) is 1.59. The second-order valence-electron chi connectivity index (χ2n) is 4.20. The van der Waals surface area contributed by atoms with Crippen LogP contribution >= 0.6 is 0 Å². The Hall–Kier alpha value is -1.16. The number of carbonyl (C=O) groups is 1. The first-order valence-electron chi connectivity index (χ1n) is 4.52. The van der Waals surface area contributed by atoms with E-state index in [1.165, 1.54) is 0 Å². The number of hydrogen-bond donors (Lipinski definition) is 0. The number of methoxy groups -OCH3 is 1. The summed E-state index contributed by atoms with van der Waals surface area (Å²) in [6, 6.07) is 0. The standard InChI is InChI=1S/C10H16N2O2/c1-10(2,3)12-5-8(6-13)9(11-12)7-14-4/h5-6H,7H2,1-4H3. The van der Waals surface area contributed by atoms with Crippen LogP contribution in [-0.2, 0) is 16.9 Å². The van der Waals surface area contributed by atoms with Crippen LogP contribution in [0.5, 0.6) is 0 Å². The van der Waals surface area contributed by atoms with Crippen molar-refractivity contribution >= 4 is 6.29 Å².